The van der Waals surface area contributed by atoms with Gasteiger partial charge in [-0.1, -0.05) is 11.8 Å². The summed E-state index contributed by atoms with van der Waals surface area (Å²) in [6.45, 7) is -0.471. The summed E-state index contributed by atoms with van der Waals surface area (Å²) in [5.41, 5.74) is 0. The third kappa shape index (κ3) is 3.15. The second kappa shape index (κ2) is 4.99. The van der Waals surface area contributed by atoms with Crippen LogP contribution in [0.3, 0.4) is 0 Å². The Morgan fingerprint density at radius 3 is 2.76 bits per heavy atom. The number of hydrogen-bond donors (Lipinski definition) is 1. The fourth-order valence-electron chi connectivity index (χ4n) is 1.49. The number of rotatable bonds is 6. The van der Waals surface area contributed by atoms with Crippen LogP contribution in [0, 0.1) is 0 Å². The molecule has 0 unspecified atom stereocenters. The van der Waals surface area contributed by atoms with Gasteiger partial charge in [-0.15, -0.1) is 10.2 Å². The summed E-state index contributed by atoms with van der Waals surface area (Å²) in [5, 5.41) is 16.5. The number of carbonyl (C=O) groups is 1. The highest BCUT2D eigenvalue weighted by Gasteiger charge is 2.31. The standard InChI is InChI=1S/C9H11F2N3O2S/c10-6(11)3-14-8(5-1-2-5)12-13-9(14)17-4-7(15)16/h5-6H,1-4H2,(H,15,16). The Morgan fingerprint density at radius 2 is 2.24 bits per heavy atom. The summed E-state index contributed by atoms with van der Waals surface area (Å²) in [4.78, 5) is 10.4. The number of thioether (sulfide) groups is 1. The van der Waals surface area contributed by atoms with Gasteiger partial charge in [0.2, 0.25) is 0 Å². The van der Waals surface area contributed by atoms with Crippen LogP contribution in [0.25, 0.3) is 0 Å². The van der Waals surface area contributed by atoms with Gasteiger partial charge in [0.15, 0.2) is 5.16 Å². The van der Waals surface area contributed by atoms with Gasteiger partial charge in [-0.25, -0.2) is 8.78 Å². The Bertz CT molecular complexity index is 420. The molecule has 1 saturated carbocycles. The van der Waals surface area contributed by atoms with E-state index < -0.39 is 18.9 Å². The quantitative estimate of drug-likeness (QED) is 0.789. The summed E-state index contributed by atoms with van der Waals surface area (Å²) >= 11 is 0.920. The predicted octanol–water partition coefficient (Wildman–Crippen LogP) is 1.60. The molecule has 1 aromatic heterocycles. The first-order valence-electron chi connectivity index (χ1n) is 5.13. The monoisotopic (exact) mass is 263 g/mol. The van der Waals surface area contributed by atoms with Crippen molar-refractivity contribution in [3.05, 3.63) is 5.82 Å². The van der Waals surface area contributed by atoms with Gasteiger partial charge in [-0.05, 0) is 12.8 Å². The number of halogens is 2. The van der Waals surface area contributed by atoms with Crippen LogP contribution in [0.4, 0.5) is 8.78 Å². The lowest BCUT2D eigenvalue weighted by Gasteiger charge is -2.07. The Labute approximate surface area is 100 Å². The Hall–Kier alpha value is -1.18. The zero-order valence-electron chi connectivity index (χ0n) is 8.84. The number of aromatic nitrogens is 3. The van der Waals surface area contributed by atoms with Crippen molar-refractivity contribution in [1.82, 2.24) is 14.8 Å². The first kappa shape index (κ1) is 12.3. The van der Waals surface area contributed by atoms with Crippen molar-refractivity contribution in [1.29, 1.82) is 0 Å². The molecule has 2 rings (SSSR count). The number of alkyl halides is 2. The van der Waals surface area contributed by atoms with E-state index in [1.54, 1.807) is 0 Å². The van der Waals surface area contributed by atoms with Crippen LogP contribution >= 0.6 is 11.8 Å². The van der Waals surface area contributed by atoms with Gasteiger partial charge in [-0.3, -0.25) is 4.79 Å². The molecule has 0 amide bonds. The van der Waals surface area contributed by atoms with Crippen molar-refractivity contribution < 1.29 is 18.7 Å². The van der Waals surface area contributed by atoms with E-state index in [9.17, 15) is 13.6 Å². The molecule has 1 aliphatic rings. The fourth-order valence-corrected chi connectivity index (χ4v) is 2.16. The summed E-state index contributed by atoms with van der Waals surface area (Å²) in [7, 11) is 0. The second-order valence-corrected chi connectivity index (χ2v) is 4.74. The van der Waals surface area contributed by atoms with Gasteiger partial charge < -0.3 is 9.67 Å². The molecule has 0 spiro atoms. The van der Waals surface area contributed by atoms with E-state index in [0.717, 1.165) is 24.6 Å². The SMILES string of the molecule is O=C(O)CSc1nnc(C2CC2)n1CC(F)F. The summed E-state index contributed by atoms with van der Waals surface area (Å²) in [6, 6.07) is 0. The zero-order valence-corrected chi connectivity index (χ0v) is 9.66. The molecule has 94 valence electrons. The van der Waals surface area contributed by atoms with E-state index in [1.165, 1.54) is 4.57 Å². The molecule has 0 radical (unpaired) electrons. The van der Waals surface area contributed by atoms with E-state index >= 15 is 0 Å². The molecule has 0 saturated heterocycles. The Morgan fingerprint density at radius 1 is 1.53 bits per heavy atom. The highest BCUT2D eigenvalue weighted by Crippen LogP contribution is 2.40. The van der Waals surface area contributed by atoms with E-state index in [4.69, 9.17) is 5.11 Å². The first-order valence-corrected chi connectivity index (χ1v) is 6.12. The molecule has 0 atom stereocenters. The number of hydrogen-bond acceptors (Lipinski definition) is 4. The molecule has 1 N–H and O–H groups in total. The van der Waals surface area contributed by atoms with Crippen LogP contribution in [0.1, 0.15) is 24.6 Å². The van der Waals surface area contributed by atoms with Crippen LogP contribution in [0.2, 0.25) is 0 Å². The number of carboxylic acids is 1. The van der Waals surface area contributed by atoms with E-state index in [2.05, 4.69) is 10.2 Å². The molecule has 1 fully saturated rings. The third-order valence-electron chi connectivity index (χ3n) is 2.33. The van der Waals surface area contributed by atoms with Gasteiger partial charge in [0, 0.05) is 5.92 Å². The molecule has 0 aliphatic heterocycles. The zero-order chi connectivity index (χ0) is 12.4. The highest BCUT2D eigenvalue weighted by atomic mass is 32.2. The normalized spacial score (nSPS) is 15.5. The van der Waals surface area contributed by atoms with Crippen LogP contribution in [0.15, 0.2) is 5.16 Å². The first-order chi connectivity index (χ1) is 8.08. The average Bonchev–Trinajstić information content (AvgIpc) is 2.99. The maximum absolute atomic E-state index is 12.4. The van der Waals surface area contributed by atoms with Gasteiger partial charge in [0.1, 0.15) is 5.82 Å². The van der Waals surface area contributed by atoms with Crippen molar-refractivity contribution in [3.8, 4) is 0 Å². The molecule has 1 aliphatic carbocycles. The number of aliphatic carboxylic acids is 1. The van der Waals surface area contributed by atoms with Crippen LogP contribution in [-0.2, 0) is 11.3 Å². The molecule has 1 aromatic rings. The van der Waals surface area contributed by atoms with Crippen molar-refractivity contribution >= 4 is 17.7 Å². The summed E-state index contributed by atoms with van der Waals surface area (Å²) in [5.74, 6) is -0.445. The molecule has 5 nitrogen and oxygen atoms in total. The largest absolute Gasteiger partial charge is 0.481 e. The molecular formula is C9H11F2N3O2S. The molecule has 17 heavy (non-hydrogen) atoms. The third-order valence-corrected chi connectivity index (χ3v) is 3.28. The lowest BCUT2D eigenvalue weighted by Crippen LogP contribution is -2.11. The molecule has 1 heterocycles. The maximum atomic E-state index is 12.4. The Kier molecular flexibility index (Phi) is 3.60. The van der Waals surface area contributed by atoms with Crippen molar-refractivity contribution in [3.63, 3.8) is 0 Å². The van der Waals surface area contributed by atoms with Crippen LogP contribution in [-0.4, -0.2) is 38.0 Å². The molecule has 0 aromatic carbocycles. The average molecular weight is 263 g/mol. The predicted molar refractivity (Wildman–Crippen MR) is 56.4 cm³/mol. The molecule has 0 bridgehead atoms. The number of nitrogens with zero attached hydrogens (tertiary/aromatic N) is 3. The summed E-state index contributed by atoms with van der Waals surface area (Å²) in [6.07, 6.45) is -0.622. The minimum absolute atomic E-state index is 0.202. The van der Waals surface area contributed by atoms with Crippen LogP contribution in [0.5, 0.6) is 0 Å². The van der Waals surface area contributed by atoms with Gasteiger partial charge in [0.05, 0.1) is 12.3 Å². The molecular weight excluding hydrogens is 252 g/mol. The summed E-state index contributed by atoms with van der Waals surface area (Å²) < 4.78 is 26.2. The number of carboxylic acid groups (broad SMARTS) is 1. The lowest BCUT2D eigenvalue weighted by atomic mass is 10.4. The maximum Gasteiger partial charge on any atom is 0.313 e. The van der Waals surface area contributed by atoms with E-state index in [1.807, 2.05) is 0 Å². The fraction of sp³-hybridized carbons (Fsp3) is 0.667. The Balaban J connectivity index is 2.15. The van der Waals surface area contributed by atoms with Crippen LogP contribution < -0.4 is 0 Å². The molecule has 8 heteroatoms. The smallest absolute Gasteiger partial charge is 0.313 e. The van der Waals surface area contributed by atoms with Gasteiger partial charge in [0.25, 0.3) is 6.43 Å². The van der Waals surface area contributed by atoms with E-state index in [0.29, 0.717) is 5.82 Å². The van der Waals surface area contributed by atoms with Gasteiger partial charge >= 0.3 is 5.97 Å². The van der Waals surface area contributed by atoms with Crippen molar-refractivity contribution in [2.45, 2.75) is 36.9 Å². The highest BCUT2D eigenvalue weighted by molar-refractivity contribution is 7.99. The second-order valence-electron chi connectivity index (χ2n) is 3.80. The van der Waals surface area contributed by atoms with E-state index in [-0.39, 0.29) is 16.8 Å². The van der Waals surface area contributed by atoms with Gasteiger partial charge in [-0.2, -0.15) is 0 Å². The topological polar surface area (TPSA) is 68.0 Å². The minimum Gasteiger partial charge on any atom is -0.481 e. The van der Waals surface area contributed by atoms with Crippen molar-refractivity contribution in [2.24, 2.45) is 0 Å². The lowest BCUT2D eigenvalue weighted by molar-refractivity contribution is -0.133. The van der Waals surface area contributed by atoms with Crippen molar-refractivity contribution in [2.75, 3.05) is 5.75 Å². The minimum atomic E-state index is -2.49.